The van der Waals surface area contributed by atoms with Gasteiger partial charge in [0.1, 0.15) is 5.82 Å². The number of halogens is 2. The third kappa shape index (κ3) is 3.11. The van der Waals surface area contributed by atoms with Gasteiger partial charge in [0.25, 0.3) is 5.91 Å². The Labute approximate surface area is 136 Å². The molecular formula is C16H15BrFN3O. The fourth-order valence-electron chi connectivity index (χ4n) is 2.55. The number of carbonyl (C=O) groups excluding carboxylic acids is 1. The highest BCUT2D eigenvalue weighted by Crippen LogP contribution is 2.20. The first kappa shape index (κ1) is 15.0. The summed E-state index contributed by atoms with van der Waals surface area (Å²) in [6.07, 6.45) is 3.51. The molecule has 0 radical (unpaired) electrons. The fourth-order valence-corrected chi connectivity index (χ4v) is 2.92. The van der Waals surface area contributed by atoms with E-state index in [0.717, 1.165) is 18.8 Å². The first-order valence-electron chi connectivity index (χ1n) is 7.04. The van der Waals surface area contributed by atoms with Crippen molar-refractivity contribution in [2.45, 2.75) is 0 Å². The monoisotopic (exact) mass is 363 g/mol. The van der Waals surface area contributed by atoms with E-state index in [0.29, 0.717) is 17.6 Å². The van der Waals surface area contributed by atoms with Gasteiger partial charge < -0.3 is 9.80 Å². The van der Waals surface area contributed by atoms with Crippen LogP contribution in [0.15, 0.2) is 47.2 Å². The van der Waals surface area contributed by atoms with Crippen LogP contribution in [0.1, 0.15) is 10.4 Å². The van der Waals surface area contributed by atoms with Gasteiger partial charge in [-0.2, -0.15) is 0 Å². The second-order valence-electron chi connectivity index (χ2n) is 5.11. The van der Waals surface area contributed by atoms with Crippen LogP contribution in [0.2, 0.25) is 0 Å². The van der Waals surface area contributed by atoms with Gasteiger partial charge in [0, 0.05) is 48.7 Å². The summed E-state index contributed by atoms with van der Waals surface area (Å²) in [4.78, 5) is 20.4. The molecule has 2 heterocycles. The molecular weight excluding hydrogens is 349 g/mol. The fraction of sp³-hybridized carbons (Fsp3) is 0.250. The van der Waals surface area contributed by atoms with E-state index in [4.69, 9.17) is 0 Å². The van der Waals surface area contributed by atoms with Crippen LogP contribution in [0.25, 0.3) is 0 Å². The number of aromatic nitrogens is 1. The zero-order valence-electron chi connectivity index (χ0n) is 11.9. The van der Waals surface area contributed by atoms with Crippen molar-refractivity contribution in [3.8, 4) is 0 Å². The number of amides is 1. The smallest absolute Gasteiger partial charge is 0.256 e. The molecule has 6 heteroatoms. The molecule has 1 aromatic carbocycles. The van der Waals surface area contributed by atoms with E-state index in [1.54, 1.807) is 23.4 Å². The van der Waals surface area contributed by atoms with Crippen molar-refractivity contribution in [1.29, 1.82) is 0 Å². The summed E-state index contributed by atoms with van der Waals surface area (Å²) in [5.41, 5.74) is 1.21. The lowest BCUT2D eigenvalue weighted by Crippen LogP contribution is -2.49. The molecule has 114 valence electrons. The van der Waals surface area contributed by atoms with Gasteiger partial charge in [-0.3, -0.25) is 9.78 Å². The maximum atomic E-state index is 13.8. The minimum atomic E-state index is -0.482. The third-order valence-corrected chi connectivity index (χ3v) is 4.25. The van der Waals surface area contributed by atoms with Crippen molar-refractivity contribution in [1.82, 2.24) is 9.88 Å². The highest BCUT2D eigenvalue weighted by Gasteiger charge is 2.24. The molecule has 0 atom stereocenters. The highest BCUT2D eigenvalue weighted by molar-refractivity contribution is 9.10. The van der Waals surface area contributed by atoms with Crippen LogP contribution in [-0.2, 0) is 0 Å². The molecule has 0 spiro atoms. The molecule has 2 aromatic rings. The van der Waals surface area contributed by atoms with Gasteiger partial charge in [0.05, 0.1) is 5.56 Å². The summed E-state index contributed by atoms with van der Waals surface area (Å²) in [5.74, 6) is -0.738. The van der Waals surface area contributed by atoms with Gasteiger partial charge in [0.2, 0.25) is 0 Å². The lowest BCUT2D eigenvalue weighted by Gasteiger charge is -2.36. The van der Waals surface area contributed by atoms with Crippen LogP contribution in [-0.4, -0.2) is 42.0 Å². The molecule has 1 aliphatic heterocycles. The molecule has 0 aliphatic carbocycles. The zero-order valence-corrected chi connectivity index (χ0v) is 13.5. The number of nitrogens with zero attached hydrogens (tertiary/aromatic N) is 3. The first-order valence-corrected chi connectivity index (χ1v) is 7.84. The molecule has 3 rings (SSSR count). The highest BCUT2D eigenvalue weighted by atomic mass is 79.9. The minimum Gasteiger partial charge on any atom is -0.368 e. The molecule has 0 saturated carbocycles. The van der Waals surface area contributed by atoms with Gasteiger partial charge in [0.15, 0.2) is 0 Å². The summed E-state index contributed by atoms with van der Waals surface area (Å²) in [6, 6.07) is 8.34. The van der Waals surface area contributed by atoms with Crippen LogP contribution >= 0.6 is 15.9 Å². The number of hydrogen-bond donors (Lipinski definition) is 0. The van der Waals surface area contributed by atoms with E-state index in [-0.39, 0.29) is 11.5 Å². The van der Waals surface area contributed by atoms with Crippen LogP contribution in [0.4, 0.5) is 10.1 Å². The molecule has 0 unspecified atom stereocenters. The summed E-state index contributed by atoms with van der Waals surface area (Å²) in [6.45, 7) is 2.61. The molecule has 4 nitrogen and oxygen atoms in total. The molecule has 0 bridgehead atoms. The van der Waals surface area contributed by atoms with E-state index >= 15 is 0 Å². The Morgan fingerprint density at radius 3 is 2.45 bits per heavy atom. The van der Waals surface area contributed by atoms with Crippen LogP contribution < -0.4 is 4.90 Å². The molecule has 0 N–H and O–H groups in total. The van der Waals surface area contributed by atoms with Crippen molar-refractivity contribution < 1.29 is 9.18 Å². The van der Waals surface area contributed by atoms with Gasteiger partial charge in [-0.1, -0.05) is 15.9 Å². The standard InChI is InChI=1S/C16H15BrFN3O/c17-12-1-2-15(18)14(11-12)16(22)21-9-7-20(8-10-21)13-3-5-19-6-4-13/h1-6,11H,7-10H2. The topological polar surface area (TPSA) is 36.4 Å². The van der Waals surface area contributed by atoms with E-state index in [9.17, 15) is 9.18 Å². The van der Waals surface area contributed by atoms with Crippen molar-refractivity contribution in [2.75, 3.05) is 31.1 Å². The molecule has 22 heavy (non-hydrogen) atoms. The number of piperazine rings is 1. The second-order valence-corrected chi connectivity index (χ2v) is 6.02. The number of benzene rings is 1. The second kappa shape index (κ2) is 6.44. The Morgan fingerprint density at radius 1 is 1.09 bits per heavy atom. The average molecular weight is 364 g/mol. The number of carbonyl (C=O) groups is 1. The van der Waals surface area contributed by atoms with Crippen molar-refractivity contribution in [2.24, 2.45) is 0 Å². The van der Waals surface area contributed by atoms with Crippen molar-refractivity contribution in [3.63, 3.8) is 0 Å². The predicted octanol–water partition coefficient (Wildman–Crippen LogP) is 2.95. The number of rotatable bonds is 2. The number of hydrogen-bond acceptors (Lipinski definition) is 3. The summed E-state index contributed by atoms with van der Waals surface area (Å²) < 4.78 is 14.5. The van der Waals surface area contributed by atoms with E-state index < -0.39 is 5.82 Å². The van der Waals surface area contributed by atoms with Gasteiger partial charge in [-0.25, -0.2) is 4.39 Å². The quantitative estimate of drug-likeness (QED) is 0.822. The molecule has 1 aliphatic rings. The number of anilines is 1. The molecule has 1 fully saturated rings. The third-order valence-electron chi connectivity index (χ3n) is 3.75. The first-order chi connectivity index (χ1) is 10.6. The van der Waals surface area contributed by atoms with E-state index in [1.165, 1.54) is 12.1 Å². The van der Waals surface area contributed by atoms with Crippen molar-refractivity contribution in [3.05, 3.63) is 58.6 Å². The predicted molar refractivity (Wildman–Crippen MR) is 86.5 cm³/mol. The van der Waals surface area contributed by atoms with Gasteiger partial charge in [-0.05, 0) is 30.3 Å². The largest absolute Gasteiger partial charge is 0.368 e. The Morgan fingerprint density at radius 2 is 1.77 bits per heavy atom. The maximum Gasteiger partial charge on any atom is 0.256 e. The number of pyridine rings is 1. The maximum absolute atomic E-state index is 13.8. The van der Waals surface area contributed by atoms with Crippen molar-refractivity contribution >= 4 is 27.5 Å². The summed E-state index contributed by atoms with van der Waals surface area (Å²) in [7, 11) is 0. The minimum absolute atomic E-state index is 0.117. The van der Waals surface area contributed by atoms with Crippen LogP contribution in [0.5, 0.6) is 0 Å². The SMILES string of the molecule is O=C(c1cc(Br)ccc1F)N1CCN(c2ccncc2)CC1. The molecule has 1 aromatic heterocycles. The lowest BCUT2D eigenvalue weighted by molar-refractivity contribution is 0.0742. The Balaban J connectivity index is 1.68. The molecule has 1 saturated heterocycles. The van der Waals surface area contributed by atoms with E-state index in [2.05, 4.69) is 25.8 Å². The summed E-state index contributed by atoms with van der Waals surface area (Å²) >= 11 is 3.28. The Kier molecular flexibility index (Phi) is 4.38. The van der Waals surface area contributed by atoms with Crippen LogP contribution in [0, 0.1) is 5.82 Å². The van der Waals surface area contributed by atoms with Gasteiger partial charge >= 0.3 is 0 Å². The lowest BCUT2D eigenvalue weighted by atomic mass is 10.1. The van der Waals surface area contributed by atoms with Gasteiger partial charge in [-0.15, -0.1) is 0 Å². The normalized spacial score (nSPS) is 15.0. The summed E-state index contributed by atoms with van der Waals surface area (Å²) in [5, 5.41) is 0. The Bertz CT molecular complexity index is 672. The average Bonchev–Trinajstić information content (AvgIpc) is 2.57. The Hall–Kier alpha value is -1.95. The molecule has 1 amide bonds. The zero-order chi connectivity index (χ0) is 15.5. The van der Waals surface area contributed by atoms with E-state index in [1.807, 2.05) is 12.1 Å². The van der Waals surface area contributed by atoms with Crippen LogP contribution in [0.3, 0.4) is 0 Å².